The summed E-state index contributed by atoms with van der Waals surface area (Å²) in [6.07, 6.45) is 0.141. The average molecular weight is 415 g/mol. The predicted molar refractivity (Wildman–Crippen MR) is 117 cm³/mol. The molecule has 2 aromatic rings. The zero-order valence-electron chi connectivity index (χ0n) is 17.6. The number of benzene rings is 2. The van der Waals surface area contributed by atoms with Gasteiger partial charge in [-0.25, -0.2) is 8.78 Å². The van der Waals surface area contributed by atoms with Crippen molar-refractivity contribution in [3.05, 3.63) is 53.3 Å². The van der Waals surface area contributed by atoms with Gasteiger partial charge in [-0.1, -0.05) is 12.1 Å². The Hall–Kier alpha value is -2.67. The molecule has 0 bridgehead atoms. The van der Waals surface area contributed by atoms with Gasteiger partial charge >= 0.3 is 0 Å². The fraction of sp³-hybridized carbons (Fsp3) is 0.435. The third-order valence-electron chi connectivity index (χ3n) is 6.16. The third-order valence-corrected chi connectivity index (χ3v) is 6.16. The maximum Gasteiger partial charge on any atom is 0.247 e. The molecule has 2 heterocycles. The number of piperidine rings is 1. The molecule has 1 fully saturated rings. The molecule has 1 saturated heterocycles. The monoisotopic (exact) mass is 414 g/mol. The number of nitrogens with one attached hydrogen (secondary N) is 2. The lowest BCUT2D eigenvalue weighted by molar-refractivity contribution is -0.116. The molecule has 0 aromatic heterocycles. The summed E-state index contributed by atoms with van der Waals surface area (Å²) >= 11 is 0. The number of fused-ring (bicyclic) bond motifs is 1. The van der Waals surface area contributed by atoms with E-state index in [1.807, 2.05) is 55.1 Å². The Balaban J connectivity index is 1.42. The Morgan fingerprint density at radius 3 is 2.77 bits per heavy atom. The molecule has 2 aromatic carbocycles. The van der Waals surface area contributed by atoms with Crippen molar-refractivity contribution in [3.8, 4) is 0 Å². The number of hydrogen-bond donors (Lipinski definition) is 2. The molecular weight excluding hydrogens is 386 g/mol. The van der Waals surface area contributed by atoms with E-state index in [1.165, 1.54) is 6.07 Å². The van der Waals surface area contributed by atoms with E-state index >= 15 is 0 Å². The highest BCUT2D eigenvalue weighted by molar-refractivity contribution is 5.98. The number of amides is 1. The number of anilines is 3. The molecule has 1 amide bonds. The van der Waals surface area contributed by atoms with Gasteiger partial charge in [-0.15, -0.1) is 0 Å². The van der Waals surface area contributed by atoms with Crippen LogP contribution in [0.4, 0.5) is 25.8 Å². The first kappa shape index (κ1) is 20.6. The summed E-state index contributed by atoms with van der Waals surface area (Å²) in [6, 6.07) is 10.0. The second-order valence-electron chi connectivity index (χ2n) is 8.44. The van der Waals surface area contributed by atoms with Crippen molar-refractivity contribution >= 4 is 23.0 Å². The summed E-state index contributed by atoms with van der Waals surface area (Å²) in [4.78, 5) is 16.7. The smallest absolute Gasteiger partial charge is 0.247 e. The van der Waals surface area contributed by atoms with Gasteiger partial charge in [0.25, 0.3) is 0 Å². The summed E-state index contributed by atoms with van der Waals surface area (Å²) < 4.78 is 28.6. The molecule has 7 heteroatoms. The Bertz CT molecular complexity index is 918. The van der Waals surface area contributed by atoms with Crippen molar-refractivity contribution < 1.29 is 13.6 Å². The highest BCUT2D eigenvalue weighted by Gasteiger charge is 2.32. The van der Waals surface area contributed by atoms with Crippen LogP contribution < -0.4 is 15.5 Å². The second kappa shape index (κ2) is 8.22. The first-order valence-electron chi connectivity index (χ1n) is 10.3. The van der Waals surface area contributed by atoms with Gasteiger partial charge in [0.15, 0.2) is 0 Å². The van der Waals surface area contributed by atoms with E-state index in [9.17, 15) is 13.6 Å². The van der Waals surface area contributed by atoms with Gasteiger partial charge in [0, 0.05) is 41.6 Å². The summed E-state index contributed by atoms with van der Waals surface area (Å²) in [5.41, 5.74) is 3.73. The van der Waals surface area contributed by atoms with Crippen LogP contribution in [0.15, 0.2) is 36.4 Å². The number of halogens is 2. The zero-order valence-corrected chi connectivity index (χ0v) is 17.6. The zero-order chi connectivity index (χ0) is 21.4. The largest absolute Gasteiger partial charge is 0.373 e. The van der Waals surface area contributed by atoms with Crippen LogP contribution in [0.1, 0.15) is 17.5 Å². The van der Waals surface area contributed by atoms with E-state index in [0.717, 1.165) is 24.2 Å². The Kier molecular flexibility index (Phi) is 5.64. The molecule has 0 spiro atoms. The number of carbonyl (C=O) groups excluding carboxylic acids is 1. The van der Waals surface area contributed by atoms with Gasteiger partial charge in [0.2, 0.25) is 5.91 Å². The van der Waals surface area contributed by atoms with E-state index in [1.54, 1.807) is 6.07 Å². The minimum atomic E-state index is -0.925. The van der Waals surface area contributed by atoms with Gasteiger partial charge in [0.05, 0.1) is 6.54 Å². The summed E-state index contributed by atoms with van der Waals surface area (Å²) in [6.45, 7) is 2.99. The molecule has 0 saturated carbocycles. The Morgan fingerprint density at radius 2 is 2.07 bits per heavy atom. The van der Waals surface area contributed by atoms with Crippen molar-refractivity contribution in [1.29, 1.82) is 0 Å². The first-order chi connectivity index (χ1) is 14.3. The van der Waals surface area contributed by atoms with Crippen LogP contribution in [-0.4, -0.2) is 56.2 Å². The standard InChI is InChI=1S/C23H28F2N4O/c1-14-7-8-18(24)17-12-20(27-22(14)17)23(30)26-15-5-4-6-16(11-15)29-10-9-21(28(2)3)19(25)13-29/h4-8,11,19-21,27H,9-10,12-13H2,1-3H3,(H,26,30)/t19-,20?,21+/m0/s1. The topological polar surface area (TPSA) is 47.6 Å². The number of alkyl halides is 1. The lowest BCUT2D eigenvalue weighted by atomic mass is 10.0. The van der Waals surface area contributed by atoms with Crippen LogP contribution in [-0.2, 0) is 11.2 Å². The highest BCUT2D eigenvalue weighted by Crippen LogP contribution is 2.32. The van der Waals surface area contributed by atoms with Gasteiger partial charge in [-0.3, -0.25) is 4.79 Å². The van der Waals surface area contributed by atoms with Crippen LogP contribution in [0.5, 0.6) is 0 Å². The van der Waals surface area contributed by atoms with Crippen molar-refractivity contribution in [1.82, 2.24) is 4.90 Å². The van der Waals surface area contributed by atoms with Crippen molar-refractivity contribution in [2.45, 2.75) is 38.0 Å². The molecule has 3 atom stereocenters. The quantitative estimate of drug-likeness (QED) is 0.803. The molecular formula is C23H28F2N4O. The molecule has 4 rings (SSSR count). The lowest BCUT2D eigenvalue weighted by Gasteiger charge is -2.39. The van der Waals surface area contributed by atoms with Gasteiger partial charge < -0.3 is 20.4 Å². The second-order valence-corrected chi connectivity index (χ2v) is 8.44. The highest BCUT2D eigenvalue weighted by atomic mass is 19.1. The maximum atomic E-state index is 14.6. The Labute approximate surface area is 176 Å². The molecule has 1 unspecified atom stereocenters. The molecule has 30 heavy (non-hydrogen) atoms. The Morgan fingerprint density at radius 1 is 1.27 bits per heavy atom. The summed E-state index contributed by atoms with van der Waals surface area (Å²) in [5, 5.41) is 6.07. The summed E-state index contributed by atoms with van der Waals surface area (Å²) in [7, 11) is 3.82. The van der Waals surface area contributed by atoms with E-state index in [4.69, 9.17) is 0 Å². The lowest BCUT2D eigenvalue weighted by Crippen LogP contribution is -2.50. The van der Waals surface area contributed by atoms with Crippen LogP contribution >= 0.6 is 0 Å². The van der Waals surface area contributed by atoms with E-state index < -0.39 is 12.2 Å². The van der Waals surface area contributed by atoms with Crippen LogP contribution in [0.3, 0.4) is 0 Å². The molecule has 160 valence electrons. The molecule has 2 aliphatic rings. The fourth-order valence-corrected chi connectivity index (χ4v) is 4.45. The fourth-order valence-electron chi connectivity index (χ4n) is 4.45. The molecule has 5 nitrogen and oxygen atoms in total. The third kappa shape index (κ3) is 3.99. The molecule has 2 N–H and O–H groups in total. The van der Waals surface area contributed by atoms with Crippen LogP contribution in [0, 0.1) is 12.7 Å². The molecule has 0 aliphatic carbocycles. The van der Waals surface area contributed by atoms with E-state index in [-0.39, 0.29) is 17.8 Å². The number of hydrogen-bond acceptors (Lipinski definition) is 4. The average Bonchev–Trinajstić information content (AvgIpc) is 3.18. The normalized spacial score (nSPS) is 23.3. The van der Waals surface area contributed by atoms with E-state index in [2.05, 4.69) is 10.6 Å². The number of rotatable bonds is 4. The van der Waals surface area contributed by atoms with Gasteiger partial charge in [-0.2, -0.15) is 0 Å². The predicted octanol–water partition coefficient (Wildman–Crippen LogP) is 3.59. The van der Waals surface area contributed by atoms with Crippen molar-refractivity contribution in [2.75, 3.05) is 42.7 Å². The van der Waals surface area contributed by atoms with Crippen molar-refractivity contribution in [2.24, 2.45) is 0 Å². The van der Waals surface area contributed by atoms with Crippen LogP contribution in [0.25, 0.3) is 0 Å². The number of carbonyl (C=O) groups is 1. The van der Waals surface area contributed by atoms with E-state index in [0.29, 0.717) is 29.9 Å². The van der Waals surface area contributed by atoms with Crippen molar-refractivity contribution in [3.63, 3.8) is 0 Å². The SMILES string of the molecule is Cc1ccc(F)c2c1NC(C(=O)Nc1cccc(N3CC[C@@H](N(C)C)[C@@H](F)C3)c1)C2. The summed E-state index contributed by atoms with van der Waals surface area (Å²) in [5.74, 6) is -0.501. The molecule has 0 radical (unpaired) electrons. The minimum absolute atomic E-state index is 0.0666. The van der Waals surface area contributed by atoms with Gasteiger partial charge in [-0.05, 0) is 57.3 Å². The van der Waals surface area contributed by atoms with Crippen LogP contribution in [0.2, 0.25) is 0 Å². The van der Waals surface area contributed by atoms with Gasteiger partial charge in [0.1, 0.15) is 18.0 Å². The number of aryl methyl sites for hydroxylation is 1. The first-order valence-corrected chi connectivity index (χ1v) is 10.3. The minimum Gasteiger partial charge on any atom is -0.373 e. The maximum absolute atomic E-state index is 14.6. The molecule has 2 aliphatic heterocycles. The number of nitrogens with zero attached hydrogens (tertiary/aromatic N) is 2.